The van der Waals surface area contributed by atoms with Crippen molar-refractivity contribution in [1.82, 2.24) is 20.1 Å². The van der Waals surface area contributed by atoms with Crippen LogP contribution in [0.5, 0.6) is 0 Å². The number of aromatic amines is 1. The van der Waals surface area contributed by atoms with Crippen LogP contribution in [0.1, 0.15) is 6.42 Å². The molecule has 0 aliphatic rings. The standard InChI is InChI=1S/C12H14N4OS2/c1-2-6-13-10(17)5-7-16-11(14-15-12(16)18)9-4-3-8-19-9/h2-4,8H,1,5-7H2,(H,13,17)(H,15,18). The molecule has 0 fully saturated rings. The summed E-state index contributed by atoms with van der Waals surface area (Å²) in [5.74, 6) is 0.747. The molecule has 0 unspecified atom stereocenters. The van der Waals surface area contributed by atoms with E-state index in [1.54, 1.807) is 17.4 Å². The van der Waals surface area contributed by atoms with Crippen molar-refractivity contribution >= 4 is 29.5 Å². The van der Waals surface area contributed by atoms with E-state index in [1.165, 1.54) is 0 Å². The van der Waals surface area contributed by atoms with Crippen LogP contribution in [0.3, 0.4) is 0 Å². The number of carbonyl (C=O) groups excluding carboxylic acids is 1. The van der Waals surface area contributed by atoms with Crippen LogP contribution in [0.2, 0.25) is 0 Å². The minimum atomic E-state index is -0.0277. The van der Waals surface area contributed by atoms with Crippen LogP contribution >= 0.6 is 23.6 Å². The fourth-order valence-corrected chi connectivity index (χ4v) is 2.55. The lowest BCUT2D eigenvalue weighted by molar-refractivity contribution is -0.121. The summed E-state index contributed by atoms with van der Waals surface area (Å²) < 4.78 is 2.37. The second kappa shape index (κ2) is 6.44. The van der Waals surface area contributed by atoms with Crippen molar-refractivity contribution < 1.29 is 4.79 Å². The molecule has 2 aromatic heterocycles. The van der Waals surface area contributed by atoms with Gasteiger partial charge in [-0.25, -0.2) is 0 Å². The quantitative estimate of drug-likeness (QED) is 0.635. The molecular formula is C12H14N4OS2. The first kappa shape index (κ1) is 13.7. The smallest absolute Gasteiger partial charge is 0.222 e. The van der Waals surface area contributed by atoms with E-state index >= 15 is 0 Å². The topological polar surface area (TPSA) is 62.7 Å². The van der Waals surface area contributed by atoms with E-state index in [2.05, 4.69) is 22.1 Å². The van der Waals surface area contributed by atoms with Crippen molar-refractivity contribution in [3.8, 4) is 10.7 Å². The molecule has 2 heterocycles. The number of hydrogen-bond acceptors (Lipinski definition) is 4. The summed E-state index contributed by atoms with van der Waals surface area (Å²) in [5.41, 5.74) is 0. The molecule has 0 aliphatic heterocycles. The van der Waals surface area contributed by atoms with Crippen LogP contribution < -0.4 is 5.32 Å². The van der Waals surface area contributed by atoms with Crippen molar-refractivity contribution in [2.24, 2.45) is 0 Å². The highest BCUT2D eigenvalue weighted by atomic mass is 32.1. The van der Waals surface area contributed by atoms with Crippen LogP contribution in [-0.2, 0) is 11.3 Å². The summed E-state index contributed by atoms with van der Waals surface area (Å²) >= 11 is 6.78. The molecule has 2 aromatic rings. The lowest BCUT2D eigenvalue weighted by Gasteiger charge is -2.05. The van der Waals surface area contributed by atoms with Crippen molar-refractivity contribution in [2.45, 2.75) is 13.0 Å². The van der Waals surface area contributed by atoms with E-state index < -0.39 is 0 Å². The number of H-pyrrole nitrogens is 1. The van der Waals surface area contributed by atoms with E-state index in [0.717, 1.165) is 10.7 Å². The molecule has 7 heteroatoms. The highest BCUT2D eigenvalue weighted by Gasteiger charge is 2.10. The zero-order valence-corrected chi connectivity index (χ0v) is 11.9. The Hall–Kier alpha value is -1.73. The van der Waals surface area contributed by atoms with Gasteiger partial charge in [0.25, 0.3) is 0 Å². The fraction of sp³-hybridized carbons (Fsp3) is 0.250. The van der Waals surface area contributed by atoms with Gasteiger partial charge in [-0.2, -0.15) is 5.10 Å². The molecule has 100 valence electrons. The monoisotopic (exact) mass is 294 g/mol. The van der Waals surface area contributed by atoms with E-state index in [0.29, 0.717) is 24.3 Å². The molecular weight excluding hydrogens is 280 g/mol. The maximum absolute atomic E-state index is 11.6. The first-order valence-electron chi connectivity index (χ1n) is 5.79. The second-order valence-corrected chi connectivity index (χ2v) is 5.16. The van der Waals surface area contributed by atoms with Crippen LogP contribution in [0.25, 0.3) is 10.7 Å². The van der Waals surface area contributed by atoms with Gasteiger partial charge >= 0.3 is 0 Å². The molecule has 0 spiro atoms. The van der Waals surface area contributed by atoms with Crippen LogP contribution in [0.15, 0.2) is 30.2 Å². The predicted molar refractivity (Wildman–Crippen MR) is 78.5 cm³/mol. The zero-order valence-electron chi connectivity index (χ0n) is 10.3. The molecule has 0 aromatic carbocycles. The Morgan fingerprint density at radius 1 is 1.68 bits per heavy atom. The van der Waals surface area contributed by atoms with Gasteiger partial charge in [-0.1, -0.05) is 12.1 Å². The maximum Gasteiger partial charge on any atom is 0.222 e. The predicted octanol–water partition coefficient (Wildman–Crippen LogP) is 2.36. The number of amides is 1. The number of nitrogens with zero attached hydrogens (tertiary/aromatic N) is 2. The molecule has 2 rings (SSSR count). The Balaban J connectivity index is 2.08. The Morgan fingerprint density at radius 2 is 2.53 bits per heavy atom. The number of hydrogen-bond donors (Lipinski definition) is 2. The molecule has 0 saturated heterocycles. The van der Waals surface area contributed by atoms with Crippen molar-refractivity contribution in [3.63, 3.8) is 0 Å². The minimum Gasteiger partial charge on any atom is -0.353 e. The van der Waals surface area contributed by atoms with Gasteiger partial charge in [0.05, 0.1) is 4.88 Å². The molecule has 0 bridgehead atoms. The van der Waals surface area contributed by atoms with E-state index in [9.17, 15) is 4.79 Å². The van der Waals surface area contributed by atoms with E-state index in [4.69, 9.17) is 12.2 Å². The van der Waals surface area contributed by atoms with Crippen molar-refractivity contribution in [3.05, 3.63) is 34.9 Å². The second-order valence-electron chi connectivity index (χ2n) is 3.82. The molecule has 2 N–H and O–H groups in total. The molecule has 0 radical (unpaired) electrons. The Bertz CT molecular complexity index is 612. The van der Waals surface area contributed by atoms with Gasteiger partial charge in [-0.05, 0) is 23.7 Å². The Morgan fingerprint density at radius 3 is 3.21 bits per heavy atom. The third kappa shape index (κ3) is 3.39. The van der Waals surface area contributed by atoms with E-state index in [1.807, 2.05) is 22.1 Å². The van der Waals surface area contributed by atoms with Gasteiger partial charge in [0.1, 0.15) is 0 Å². The molecule has 19 heavy (non-hydrogen) atoms. The van der Waals surface area contributed by atoms with Crippen molar-refractivity contribution in [2.75, 3.05) is 6.54 Å². The van der Waals surface area contributed by atoms with Crippen LogP contribution in [0, 0.1) is 4.77 Å². The number of aromatic nitrogens is 3. The molecule has 0 aliphatic carbocycles. The summed E-state index contributed by atoms with van der Waals surface area (Å²) in [6.07, 6.45) is 2.01. The van der Waals surface area contributed by atoms with Crippen LogP contribution in [-0.4, -0.2) is 27.2 Å². The summed E-state index contributed by atoms with van der Waals surface area (Å²) in [6, 6.07) is 3.93. The van der Waals surface area contributed by atoms with Gasteiger partial charge in [-0.15, -0.1) is 17.9 Å². The third-order valence-electron chi connectivity index (χ3n) is 2.51. The largest absolute Gasteiger partial charge is 0.353 e. The molecule has 1 amide bonds. The lowest BCUT2D eigenvalue weighted by atomic mass is 10.3. The Labute approximate surface area is 120 Å². The highest BCUT2D eigenvalue weighted by Crippen LogP contribution is 2.22. The summed E-state index contributed by atoms with van der Waals surface area (Å²) in [7, 11) is 0. The third-order valence-corrected chi connectivity index (χ3v) is 3.68. The SMILES string of the molecule is C=CCNC(=O)CCn1c(-c2cccs2)n[nH]c1=S. The first-order chi connectivity index (χ1) is 9.22. The number of thiophene rings is 1. The van der Waals surface area contributed by atoms with Gasteiger partial charge in [0.15, 0.2) is 10.6 Å². The minimum absolute atomic E-state index is 0.0277. The van der Waals surface area contributed by atoms with Crippen molar-refractivity contribution in [1.29, 1.82) is 0 Å². The average Bonchev–Trinajstić information content (AvgIpc) is 3.03. The fourth-order valence-electron chi connectivity index (χ4n) is 1.61. The maximum atomic E-state index is 11.6. The normalized spacial score (nSPS) is 10.3. The van der Waals surface area contributed by atoms with Gasteiger partial charge in [0.2, 0.25) is 5.91 Å². The van der Waals surface area contributed by atoms with Gasteiger partial charge in [-0.3, -0.25) is 14.5 Å². The van der Waals surface area contributed by atoms with Gasteiger partial charge < -0.3 is 5.32 Å². The Kier molecular flexibility index (Phi) is 4.64. The summed E-state index contributed by atoms with van der Waals surface area (Å²) in [4.78, 5) is 12.6. The number of nitrogens with one attached hydrogen (secondary N) is 2. The highest BCUT2D eigenvalue weighted by molar-refractivity contribution is 7.71. The van der Waals surface area contributed by atoms with Crippen LogP contribution in [0.4, 0.5) is 0 Å². The molecule has 5 nitrogen and oxygen atoms in total. The average molecular weight is 294 g/mol. The zero-order chi connectivity index (χ0) is 13.7. The summed E-state index contributed by atoms with van der Waals surface area (Å²) in [6.45, 7) is 4.54. The number of rotatable bonds is 6. The summed E-state index contributed by atoms with van der Waals surface area (Å²) in [5, 5.41) is 11.7. The number of carbonyl (C=O) groups is 1. The molecule has 0 saturated carbocycles. The molecule has 0 atom stereocenters. The first-order valence-corrected chi connectivity index (χ1v) is 7.08. The van der Waals surface area contributed by atoms with Gasteiger partial charge in [0, 0.05) is 19.5 Å². The lowest BCUT2D eigenvalue weighted by Crippen LogP contribution is -2.24. The van der Waals surface area contributed by atoms with E-state index in [-0.39, 0.29) is 5.91 Å².